The second-order valence-corrected chi connectivity index (χ2v) is 7.29. The van der Waals surface area contributed by atoms with Crippen molar-refractivity contribution in [3.63, 3.8) is 0 Å². The molecular formula is C22H26N4O. The normalized spacial score (nSPS) is 11.0. The third-order valence-corrected chi connectivity index (χ3v) is 4.70. The van der Waals surface area contributed by atoms with Gasteiger partial charge in [-0.25, -0.2) is 9.67 Å². The zero-order valence-corrected chi connectivity index (χ0v) is 16.6. The molecule has 3 rings (SSSR count). The highest BCUT2D eigenvalue weighted by atomic mass is 16.2. The van der Waals surface area contributed by atoms with Gasteiger partial charge in [-0.3, -0.25) is 4.79 Å². The van der Waals surface area contributed by atoms with Crippen LogP contribution in [0, 0.1) is 13.8 Å². The van der Waals surface area contributed by atoms with Gasteiger partial charge in [-0.1, -0.05) is 43.7 Å². The van der Waals surface area contributed by atoms with Crippen LogP contribution in [0.4, 0.5) is 0 Å². The maximum atomic E-state index is 13.1. The fraction of sp³-hybridized carbons (Fsp3) is 0.318. The number of hydrogen-bond acceptors (Lipinski definition) is 3. The number of carbonyl (C=O) groups excluding carboxylic acids is 1. The number of rotatable bonds is 5. The molecule has 0 atom stereocenters. The predicted molar refractivity (Wildman–Crippen MR) is 107 cm³/mol. The lowest BCUT2D eigenvalue weighted by Crippen LogP contribution is -2.27. The van der Waals surface area contributed by atoms with Crippen LogP contribution in [-0.2, 0) is 6.54 Å². The monoisotopic (exact) mass is 362 g/mol. The van der Waals surface area contributed by atoms with Crippen molar-refractivity contribution in [1.29, 1.82) is 0 Å². The van der Waals surface area contributed by atoms with Gasteiger partial charge in [0.2, 0.25) is 0 Å². The van der Waals surface area contributed by atoms with E-state index in [2.05, 4.69) is 56.0 Å². The maximum Gasteiger partial charge on any atom is 0.257 e. The van der Waals surface area contributed by atoms with E-state index in [1.807, 2.05) is 25.2 Å². The summed E-state index contributed by atoms with van der Waals surface area (Å²) >= 11 is 0. The van der Waals surface area contributed by atoms with E-state index in [1.165, 1.54) is 11.1 Å². The van der Waals surface area contributed by atoms with Crippen LogP contribution in [0.3, 0.4) is 0 Å². The second kappa shape index (κ2) is 7.74. The predicted octanol–water partition coefficient (Wildman–Crippen LogP) is 4.28. The molecule has 0 N–H and O–H groups in total. The molecule has 0 bridgehead atoms. The van der Waals surface area contributed by atoms with Gasteiger partial charge in [-0.15, -0.1) is 0 Å². The van der Waals surface area contributed by atoms with E-state index < -0.39 is 0 Å². The van der Waals surface area contributed by atoms with Gasteiger partial charge in [0, 0.05) is 19.8 Å². The van der Waals surface area contributed by atoms with E-state index >= 15 is 0 Å². The molecule has 2 aromatic heterocycles. The Labute approximate surface area is 160 Å². The van der Waals surface area contributed by atoms with E-state index in [0.29, 0.717) is 12.1 Å². The topological polar surface area (TPSA) is 51.0 Å². The van der Waals surface area contributed by atoms with Crippen LogP contribution in [0.25, 0.3) is 5.82 Å². The standard InChI is InChI=1S/C22H26N4O/c1-15(2)21-19(13-24-26(21)20-8-6-7-11-23-20)22(27)25(5)14-18-10-9-16(3)12-17(18)4/h6-13,15H,14H2,1-5H3. The number of aryl methyl sites for hydroxylation is 2. The highest BCUT2D eigenvalue weighted by molar-refractivity contribution is 5.95. The Bertz CT molecular complexity index is 944. The summed E-state index contributed by atoms with van der Waals surface area (Å²) in [6.45, 7) is 8.86. The van der Waals surface area contributed by atoms with Crippen molar-refractivity contribution in [2.24, 2.45) is 0 Å². The Hall–Kier alpha value is -2.95. The zero-order valence-electron chi connectivity index (χ0n) is 16.6. The smallest absolute Gasteiger partial charge is 0.257 e. The first-order valence-corrected chi connectivity index (χ1v) is 9.19. The Morgan fingerprint density at radius 3 is 2.59 bits per heavy atom. The van der Waals surface area contributed by atoms with Crippen LogP contribution in [0.1, 0.15) is 52.5 Å². The number of aromatic nitrogens is 3. The fourth-order valence-corrected chi connectivity index (χ4v) is 3.30. The van der Waals surface area contributed by atoms with E-state index in [-0.39, 0.29) is 11.8 Å². The van der Waals surface area contributed by atoms with Gasteiger partial charge in [0.1, 0.15) is 0 Å². The molecule has 0 aliphatic rings. The molecule has 0 saturated heterocycles. The molecule has 0 aliphatic heterocycles. The van der Waals surface area contributed by atoms with Crippen molar-refractivity contribution in [1.82, 2.24) is 19.7 Å². The Morgan fingerprint density at radius 1 is 1.19 bits per heavy atom. The summed E-state index contributed by atoms with van der Waals surface area (Å²) in [7, 11) is 1.84. The number of hydrogen-bond donors (Lipinski definition) is 0. The average Bonchev–Trinajstić information content (AvgIpc) is 3.09. The molecule has 2 heterocycles. The lowest BCUT2D eigenvalue weighted by Gasteiger charge is -2.20. The highest BCUT2D eigenvalue weighted by Crippen LogP contribution is 2.24. The summed E-state index contributed by atoms with van der Waals surface area (Å²) < 4.78 is 1.77. The Morgan fingerprint density at radius 2 is 1.96 bits per heavy atom. The summed E-state index contributed by atoms with van der Waals surface area (Å²) in [6, 6.07) is 12.0. The van der Waals surface area contributed by atoms with Crippen molar-refractivity contribution >= 4 is 5.91 Å². The van der Waals surface area contributed by atoms with Crippen LogP contribution in [-0.4, -0.2) is 32.6 Å². The molecule has 27 heavy (non-hydrogen) atoms. The van der Waals surface area contributed by atoms with Crippen molar-refractivity contribution in [2.45, 2.75) is 40.2 Å². The molecule has 5 nitrogen and oxygen atoms in total. The number of pyridine rings is 1. The number of benzene rings is 1. The van der Waals surface area contributed by atoms with Crippen LogP contribution < -0.4 is 0 Å². The molecule has 0 spiro atoms. The molecule has 0 unspecified atom stereocenters. The minimum Gasteiger partial charge on any atom is -0.337 e. The first kappa shape index (κ1) is 18.8. The number of nitrogens with zero attached hydrogens (tertiary/aromatic N) is 4. The van der Waals surface area contributed by atoms with Crippen LogP contribution in [0.5, 0.6) is 0 Å². The van der Waals surface area contributed by atoms with Gasteiger partial charge in [-0.2, -0.15) is 5.10 Å². The first-order chi connectivity index (χ1) is 12.9. The van der Waals surface area contributed by atoms with Crippen molar-refractivity contribution < 1.29 is 4.79 Å². The molecule has 0 saturated carbocycles. The molecule has 0 fully saturated rings. The minimum absolute atomic E-state index is 0.0270. The van der Waals surface area contributed by atoms with Crippen LogP contribution in [0.2, 0.25) is 0 Å². The molecular weight excluding hydrogens is 336 g/mol. The van der Waals surface area contributed by atoms with Gasteiger partial charge in [0.15, 0.2) is 5.82 Å². The molecule has 1 aromatic carbocycles. The van der Waals surface area contributed by atoms with Gasteiger partial charge in [0.05, 0.1) is 17.5 Å². The third-order valence-electron chi connectivity index (χ3n) is 4.70. The van der Waals surface area contributed by atoms with Gasteiger partial charge >= 0.3 is 0 Å². The third kappa shape index (κ3) is 3.92. The van der Waals surface area contributed by atoms with Gasteiger partial charge in [-0.05, 0) is 43.0 Å². The van der Waals surface area contributed by atoms with Crippen molar-refractivity contribution in [3.05, 3.63) is 76.7 Å². The summed E-state index contributed by atoms with van der Waals surface area (Å²) in [5.41, 5.74) is 5.08. The molecule has 1 amide bonds. The average molecular weight is 362 g/mol. The lowest BCUT2D eigenvalue weighted by molar-refractivity contribution is 0.0783. The summed E-state index contributed by atoms with van der Waals surface area (Å²) in [6.07, 6.45) is 3.39. The summed E-state index contributed by atoms with van der Waals surface area (Å²) in [5.74, 6) is 0.834. The molecule has 140 valence electrons. The van der Waals surface area contributed by atoms with E-state index in [0.717, 1.165) is 17.1 Å². The molecule has 5 heteroatoms. The van der Waals surface area contributed by atoms with Crippen molar-refractivity contribution in [3.8, 4) is 5.82 Å². The SMILES string of the molecule is Cc1ccc(CN(C)C(=O)c2cnn(-c3ccccn3)c2C(C)C)c(C)c1. The Kier molecular flexibility index (Phi) is 5.40. The largest absolute Gasteiger partial charge is 0.337 e. The minimum atomic E-state index is -0.0270. The second-order valence-electron chi connectivity index (χ2n) is 7.29. The zero-order chi connectivity index (χ0) is 19.6. The lowest BCUT2D eigenvalue weighted by atomic mass is 10.0. The number of carbonyl (C=O) groups is 1. The van der Waals surface area contributed by atoms with Gasteiger partial charge < -0.3 is 4.90 Å². The maximum absolute atomic E-state index is 13.1. The summed E-state index contributed by atoms with van der Waals surface area (Å²) in [4.78, 5) is 19.3. The van der Waals surface area contributed by atoms with E-state index in [9.17, 15) is 4.79 Å². The first-order valence-electron chi connectivity index (χ1n) is 9.19. The molecule has 3 aromatic rings. The van der Waals surface area contributed by atoms with Crippen LogP contribution >= 0.6 is 0 Å². The fourth-order valence-electron chi connectivity index (χ4n) is 3.30. The van der Waals surface area contributed by atoms with Crippen LogP contribution in [0.15, 0.2) is 48.8 Å². The number of amides is 1. The molecule has 0 aliphatic carbocycles. The van der Waals surface area contributed by atoms with Gasteiger partial charge in [0.25, 0.3) is 5.91 Å². The van der Waals surface area contributed by atoms with Crippen molar-refractivity contribution in [2.75, 3.05) is 7.05 Å². The molecule has 0 radical (unpaired) electrons. The van der Waals surface area contributed by atoms with E-state index in [1.54, 1.807) is 22.0 Å². The van der Waals surface area contributed by atoms with E-state index in [4.69, 9.17) is 0 Å². The Balaban J connectivity index is 1.91. The highest BCUT2D eigenvalue weighted by Gasteiger charge is 2.24. The summed E-state index contributed by atoms with van der Waals surface area (Å²) in [5, 5.41) is 4.45. The quantitative estimate of drug-likeness (QED) is 0.681.